The van der Waals surface area contributed by atoms with Crippen molar-refractivity contribution in [1.29, 1.82) is 5.26 Å². The molecule has 3 aromatic rings. The molecule has 0 radical (unpaired) electrons. The van der Waals surface area contributed by atoms with Crippen molar-refractivity contribution in [3.63, 3.8) is 0 Å². The average Bonchev–Trinajstić information content (AvgIpc) is 3.43. The maximum atomic E-state index is 14.7. The van der Waals surface area contributed by atoms with Gasteiger partial charge in [0.25, 0.3) is 5.91 Å². The summed E-state index contributed by atoms with van der Waals surface area (Å²) in [5.74, 6) is -3.73. The Bertz CT molecular complexity index is 1960. The smallest absolute Gasteiger partial charge is 0.340 e. The minimum Gasteiger partial charge on any atom is -0.340 e. The Hall–Kier alpha value is -3.66. The van der Waals surface area contributed by atoms with Crippen LogP contribution in [0.4, 0.5) is 4.39 Å². The predicted octanol–water partition coefficient (Wildman–Crippen LogP) is 5.06. The molecule has 3 N–H and O–H groups in total. The summed E-state index contributed by atoms with van der Waals surface area (Å²) in [5.41, 5.74) is 0.352. The van der Waals surface area contributed by atoms with Crippen molar-refractivity contribution in [2.24, 2.45) is 5.92 Å². The molecule has 4 aliphatic heterocycles. The minimum atomic E-state index is -5.00. The number of carbonyl (C=O) groups excluding carboxylic acids is 3. The van der Waals surface area contributed by atoms with E-state index in [9.17, 15) is 38.4 Å². The normalized spacial score (nSPS) is 29.6. The number of hydrogen-bond donors (Lipinski definition) is 3. The largest absolute Gasteiger partial charge is 0.363 e. The van der Waals surface area contributed by atoms with Gasteiger partial charge in [0, 0.05) is 29.2 Å². The lowest BCUT2D eigenvalue weighted by molar-refractivity contribution is -0.148. The number of nitrogens with zero attached hydrogens (tertiary/aromatic N) is 4. The monoisotopic (exact) mass is 733 g/mol. The van der Waals surface area contributed by atoms with Crippen molar-refractivity contribution in [3.05, 3.63) is 70.6 Å². The standard InChI is InChI=1S/C37H41FN5O6PS/c38-33(50(47,48)49)23-7-12-31-24(17-23)18-32(51-31)34(44)40-29-10-8-25(41-15-4-16-41)19-26-9-11-30(43(26)35(29)45)36(46)42-21-27(22-5-2-1-3-6-22)28(20-39)37(42)13-14-37/h1-3,5-7,12,17-18,25-30,33H,4,8-11,13-16,19,21H2,(H,40,44)(H2,47,48,49)/t25-,26+,27+,28+,29-,30-,33+/m0/s1. The number of fused-ring (bicyclic) bond motifs is 2. The second-order valence-electron chi connectivity index (χ2n) is 14.9. The van der Waals surface area contributed by atoms with E-state index >= 15 is 0 Å². The second-order valence-corrected chi connectivity index (χ2v) is 17.6. The van der Waals surface area contributed by atoms with E-state index in [4.69, 9.17) is 0 Å². The highest BCUT2D eigenvalue weighted by Gasteiger charge is 2.64. The van der Waals surface area contributed by atoms with E-state index in [2.05, 4.69) is 16.3 Å². The molecule has 1 saturated carbocycles. The van der Waals surface area contributed by atoms with Gasteiger partial charge in [0.15, 0.2) is 0 Å². The molecular formula is C37H41FN5O6PS. The number of halogens is 1. The lowest BCUT2D eigenvalue weighted by atomic mass is 9.85. The highest BCUT2D eigenvalue weighted by atomic mass is 32.1. The molecule has 14 heteroatoms. The van der Waals surface area contributed by atoms with Gasteiger partial charge in [-0.25, -0.2) is 4.39 Å². The topological polar surface area (TPSA) is 154 Å². The average molecular weight is 734 g/mol. The van der Waals surface area contributed by atoms with Crippen LogP contribution < -0.4 is 5.32 Å². The molecule has 8 rings (SSSR count). The summed E-state index contributed by atoms with van der Waals surface area (Å²) in [4.78, 5) is 68.0. The molecule has 7 atom stereocenters. The van der Waals surface area contributed by atoms with Crippen LogP contribution in [0.3, 0.4) is 0 Å². The summed E-state index contributed by atoms with van der Waals surface area (Å²) >= 11 is 1.15. The fourth-order valence-corrected chi connectivity index (χ4v) is 10.6. The van der Waals surface area contributed by atoms with Crippen LogP contribution in [0.1, 0.15) is 84.0 Å². The summed E-state index contributed by atoms with van der Waals surface area (Å²) in [5, 5.41) is 13.8. The zero-order chi connectivity index (χ0) is 35.7. The van der Waals surface area contributed by atoms with Crippen molar-refractivity contribution in [2.45, 2.75) is 92.9 Å². The Labute approximate surface area is 299 Å². The molecule has 1 aromatic heterocycles. The number of amides is 3. The number of rotatable bonds is 7. The van der Waals surface area contributed by atoms with Crippen molar-refractivity contribution in [2.75, 3.05) is 19.6 Å². The van der Waals surface area contributed by atoms with Gasteiger partial charge in [-0.05, 0) is 99.2 Å². The van der Waals surface area contributed by atoms with E-state index in [1.165, 1.54) is 18.2 Å². The molecule has 11 nitrogen and oxygen atoms in total. The zero-order valence-corrected chi connectivity index (χ0v) is 29.8. The fraction of sp³-hybridized carbons (Fsp3) is 0.514. The third kappa shape index (κ3) is 6.09. The minimum absolute atomic E-state index is 0.101. The molecule has 0 unspecified atom stereocenters. The summed E-state index contributed by atoms with van der Waals surface area (Å²) in [6.07, 6.45) is 5.80. The molecule has 5 aliphatic rings. The summed E-state index contributed by atoms with van der Waals surface area (Å²) in [6.45, 7) is 2.41. The van der Waals surface area contributed by atoms with Gasteiger partial charge in [-0.1, -0.05) is 36.4 Å². The highest BCUT2D eigenvalue weighted by molar-refractivity contribution is 7.51. The van der Waals surface area contributed by atoms with Gasteiger partial charge in [0.05, 0.1) is 22.4 Å². The molecule has 5 heterocycles. The Kier molecular flexibility index (Phi) is 8.83. The molecule has 4 saturated heterocycles. The van der Waals surface area contributed by atoms with E-state index in [0.717, 1.165) is 62.1 Å². The van der Waals surface area contributed by atoms with E-state index in [0.29, 0.717) is 35.9 Å². The van der Waals surface area contributed by atoms with Crippen LogP contribution in [0.25, 0.3) is 10.1 Å². The first-order valence-electron chi connectivity index (χ1n) is 17.8. The first-order chi connectivity index (χ1) is 24.5. The van der Waals surface area contributed by atoms with Gasteiger partial charge in [-0.15, -0.1) is 11.3 Å². The Morgan fingerprint density at radius 2 is 1.78 bits per heavy atom. The van der Waals surface area contributed by atoms with Crippen LogP contribution in [0.15, 0.2) is 54.6 Å². The number of carbonyl (C=O) groups is 3. The fourth-order valence-electron chi connectivity index (χ4n) is 9.13. The number of alkyl halides is 1. The van der Waals surface area contributed by atoms with Crippen LogP contribution in [0.2, 0.25) is 0 Å². The van der Waals surface area contributed by atoms with Crippen LogP contribution in [-0.2, 0) is 14.2 Å². The summed E-state index contributed by atoms with van der Waals surface area (Å²) in [6, 6.07) is 16.7. The Morgan fingerprint density at radius 1 is 1.04 bits per heavy atom. The lowest BCUT2D eigenvalue weighted by Crippen LogP contribution is -2.60. The number of nitrogens with one attached hydrogen (secondary N) is 1. The molecule has 1 spiro atoms. The van der Waals surface area contributed by atoms with Gasteiger partial charge < -0.3 is 29.8 Å². The van der Waals surface area contributed by atoms with E-state index in [1.807, 2.05) is 35.2 Å². The van der Waals surface area contributed by atoms with Gasteiger partial charge in [0.1, 0.15) is 12.1 Å². The highest BCUT2D eigenvalue weighted by Crippen LogP contribution is 2.58. The number of likely N-dealkylation sites (tertiary alicyclic amines) is 2. The summed E-state index contributed by atoms with van der Waals surface area (Å²) in [7, 11) is -5.00. The molecule has 5 fully saturated rings. The first kappa shape index (κ1) is 34.4. The molecule has 3 amide bonds. The molecule has 268 valence electrons. The van der Waals surface area contributed by atoms with Crippen LogP contribution >= 0.6 is 18.9 Å². The van der Waals surface area contributed by atoms with Gasteiger partial charge in [-0.2, -0.15) is 5.26 Å². The number of thiophene rings is 1. The van der Waals surface area contributed by atoms with E-state index < -0.39 is 37.0 Å². The number of benzene rings is 2. The molecular weight excluding hydrogens is 692 g/mol. The number of hydrogen-bond acceptors (Lipinski definition) is 7. The van der Waals surface area contributed by atoms with Crippen molar-refractivity contribution < 1.29 is 33.1 Å². The van der Waals surface area contributed by atoms with Gasteiger partial charge >= 0.3 is 7.60 Å². The number of nitriles is 1. The van der Waals surface area contributed by atoms with Crippen LogP contribution in [0.5, 0.6) is 0 Å². The van der Waals surface area contributed by atoms with Gasteiger partial charge in [0.2, 0.25) is 17.7 Å². The Balaban J connectivity index is 1.06. The molecule has 0 bridgehead atoms. The quantitative estimate of drug-likeness (QED) is 0.285. The molecule has 51 heavy (non-hydrogen) atoms. The van der Waals surface area contributed by atoms with Crippen molar-refractivity contribution in [1.82, 2.24) is 20.0 Å². The van der Waals surface area contributed by atoms with E-state index in [-0.39, 0.29) is 46.2 Å². The van der Waals surface area contributed by atoms with E-state index in [1.54, 1.807) is 11.0 Å². The SMILES string of the molecule is N#C[C@@H]1[C@@H](c2ccccc2)CN(C(=O)[C@@H]2CC[C@@H]3C[C@@H](N4CCC4)CC[C@H](NC(=O)c4cc5cc([C@H](F)P(=O)(O)O)ccc5s4)C(=O)N32)C12CC2. The van der Waals surface area contributed by atoms with Crippen LogP contribution in [-0.4, -0.2) is 91.5 Å². The third-order valence-electron chi connectivity index (χ3n) is 12.0. The third-order valence-corrected chi connectivity index (χ3v) is 14.0. The zero-order valence-electron chi connectivity index (χ0n) is 28.1. The maximum absolute atomic E-state index is 14.7. The second kappa shape index (κ2) is 13.1. The van der Waals surface area contributed by atoms with Crippen molar-refractivity contribution >= 4 is 46.7 Å². The van der Waals surface area contributed by atoms with Crippen molar-refractivity contribution in [3.8, 4) is 6.07 Å². The Morgan fingerprint density at radius 3 is 2.45 bits per heavy atom. The molecule has 2 aromatic carbocycles. The lowest BCUT2D eigenvalue weighted by Gasteiger charge is -2.44. The summed E-state index contributed by atoms with van der Waals surface area (Å²) < 4.78 is 26.6. The van der Waals surface area contributed by atoms with Crippen LogP contribution in [0, 0.1) is 17.2 Å². The maximum Gasteiger partial charge on any atom is 0.363 e. The van der Waals surface area contributed by atoms with Gasteiger partial charge in [-0.3, -0.25) is 18.9 Å². The molecule has 1 aliphatic carbocycles. The predicted molar refractivity (Wildman–Crippen MR) is 188 cm³/mol. The first-order valence-corrected chi connectivity index (χ1v) is 20.3.